The van der Waals surface area contributed by atoms with Gasteiger partial charge in [-0.05, 0) is 37.0 Å². The Labute approximate surface area is 125 Å². The topological polar surface area (TPSA) is 75.6 Å². The second-order valence-corrected chi connectivity index (χ2v) is 4.99. The summed E-state index contributed by atoms with van der Waals surface area (Å²) in [7, 11) is 1.59. The molecule has 5 nitrogen and oxygen atoms in total. The molecule has 0 aliphatic heterocycles. The van der Waals surface area contributed by atoms with Crippen molar-refractivity contribution >= 4 is 11.9 Å². The second-order valence-electron chi connectivity index (χ2n) is 4.99. The lowest BCUT2D eigenvalue weighted by Crippen LogP contribution is -2.53. The quantitative estimate of drug-likeness (QED) is 0.771. The van der Waals surface area contributed by atoms with Gasteiger partial charge in [-0.25, -0.2) is 4.79 Å². The molecule has 21 heavy (non-hydrogen) atoms. The van der Waals surface area contributed by atoms with Crippen molar-refractivity contribution in [1.82, 2.24) is 5.32 Å². The zero-order valence-corrected chi connectivity index (χ0v) is 12.8. The summed E-state index contributed by atoms with van der Waals surface area (Å²) in [6.07, 6.45) is 1.53. The fourth-order valence-corrected chi connectivity index (χ4v) is 2.20. The van der Waals surface area contributed by atoms with Crippen LogP contribution in [0.5, 0.6) is 5.75 Å². The molecule has 0 unspecified atom stereocenters. The van der Waals surface area contributed by atoms with E-state index in [1.165, 1.54) is 0 Å². The monoisotopic (exact) mass is 293 g/mol. The number of ether oxygens (including phenoxy) is 1. The predicted molar refractivity (Wildman–Crippen MR) is 80.4 cm³/mol. The number of aryl methyl sites for hydroxylation is 1. The smallest absolute Gasteiger partial charge is 0.329 e. The molecule has 0 atom stereocenters. The molecule has 0 saturated heterocycles. The molecule has 0 spiro atoms. The number of carbonyl (C=O) groups is 2. The summed E-state index contributed by atoms with van der Waals surface area (Å²) < 4.78 is 5.13. The Morgan fingerprint density at radius 1 is 1.29 bits per heavy atom. The van der Waals surface area contributed by atoms with Gasteiger partial charge >= 0.3 is 5.97 Å². The number of rotatable bonds is 8. The third kappa shape index (κ3) is 4.48. The van der Waals surface area contributed by atoms with Crippen LogP contribution in [0.15, 0.2) is 24.3 Å². The van der Waals surface area contributed by atoms with Crippen LogP contribution in [0.4, 0.5) is 0 Å². The van der Waals surface area contributed by atoms with E-state index in [0.29, 0.717) is 19.3 Å². The molecule has 0 saturated carbocycles. The molecule has 0 aliphatic rings. The highest BCUT2D eigenvalue weighted by molar-refractivity contribution is 5.87. The second kappa shape index (κ2) is 7.67. The van der Waals surface area contributed by atoms with E-state index in [2.05, 4.69) is 5.32 Å². The van der Waals surface area contributed by atoms with Crippen molar-refractivity contribution in [3.8, 4) is 5.75 Å². The molecular weight excluding hydrogens is 270 g/mol. The first kappa shape index (κ1) is 17.0. The van der Waals surface area contributed by atoms with Gasteiger partial charge in [0.25, 0.3) is 0 Å². The lowest BCUT2D eigenvalue weighted by atomic mass is 9.92. The average molecular weight is 293 g/mol. The van der Waals surface area contributed by atoms with Gasteiger partial charge in [0.2, 0.25) is 5.91 Å². The summed E-state index contributed by atoms with van der Waals surface area (Å²) in [4.78, 5) is 23.3. The summed E-state index contributed by atoms with van der Waals surface area (Å²) in [5.41, 5.74) is -0.177. The Bertz CT molecular complexity index is 495. The maximum absolute atomic E-state index is 12.0. The van der Waals surface area contributed by atoms with Crippen LogP contribution < -0.4 is 10.1 Å². The Morgan fingerprint density at radius 2 is 1.95 bits per heavy atom. The highest BCUT2D eigenvalue weighted by atomic mass is 16.5. The third-order valence-corrected chi connectivity index (χ3v) is 3.77. The van der Waals surface area contributed by atoms with Crippen LogP contribution in [0.2, 0.25) is 0 Å². The fraction of sp³-hybridized carbons (Fsp3) is 0.500. The van der Waals surface area contributed by atoms with Gasteiger partial charge < -0.3 is 15.2 Å². The van der Waals surface area contributed by atoms with Crippen LogP contribution in [0, 0.1) is 0 Å². The Hall–Kier alpha value is -2.04. The molecular formula is C16H23NO4. The van der Waals surface area contributed by atoms with E-state index in [0.717, 1.165) is 11.3 Å². The average Bonchev–Trinajstić information content (AvgIpc) is 2.50. The van der Waals surface area contributed by atoms with Crippen molar-refractivity contribution < 1.29 is 19.4 Å². The molecule has 0 heterocycles. The van der Waals surface area contributed by atoms with Gasteiger partial charge in [0.05, 0.1) is 7.11 Å². The van der Waals surface area contributed by atoms with Crippen molar-refractivity contribution in [2.75, 3.05) is 7.11 Å². The van der Waals surface area contributed by atoms with Gasteiger partial charge in [0.1, 0.15) is 11.3 Å². The van der Waals surface area contributed by atoms with Crippen molar-refractivity contribution in [3.63, 3.8) is 0 Å². The molecule has 0 bridgehead atoms. The number of hydrogen-bond acceptors (Lipinski definition) is 3. The number of nitrogens with one attached hydrogen (secondary N) is 1. The van der Waals surface area contributed by atoms with Crippen LogP contribution in [0.1, 0.15) is 38.7 Å². The van der Waals surface area contributed by atoms with E-state index < -0.39 is 11.5 Å². The van der Waals surface area contributed by atoms with Gasteiger partial charge in [-0.15, -0.1) is 0 Å². The van der Waals surface area contributed by atoms with Gasteiger partial charge in [-0.2, -0.15) is 0 Å². The van der Waals surface area contributed by atoms with Crippen molar-refractivity contribution in [3.05, 3.63) is 29.8 Å². The van der Waals surface area contributed by atoms with Gasteiger partial charge in [-0.1, -0.05) is 26.0 Å². The SMILES string of the molecule is CCC(CC)(NC(=O)CCc1cccc(OC)c1)C(=O)O. The number of methoxy groups -OCH3 is 1. The van der Waals surface area contributed by atoms with E-state index in [1.807, 2.05) is 24.3 Å². The maximum atomic E-state index is 12.0. The first-order valence-corrected chi connectivity index (χ1v) is 7.14. The Kier molecular flexibility index (Phi) is 6.21. The van der Waals surface area contributed by atoms with Crippen LogP contribution >= 0.6 is 0 Å². The molecule has 5 heteroatoms. The normalized spacial score (nSPS) is 11.0. The number of hydrogen-bond donors (Lipinski definition) is 2. The first-order chi connectivity index (χ1) is 9.97. The fourth-order valence-electron chi connectivity index (χ4n) is 2.20. The van der Waals surface area contributed by atoms with E-state index in [4.69, 9.17) is 4.74 Å². The molecule has 1 aromatic carbocycles. The summed E-state index contributed by atoms with van der Waals surface area (Å²) in [6, 6.07) is 7.50. The van der Waals surface area contributed by atoms with Crippen LogP contribution in [0.25, 0.3) is 0 Å². The minimum absolute atomic E-state index is 0.246. The number of carbonyl (C=O) groups excluding carboxylic acids is 1. The molecule has 1 rings (SSSR count). The lowest BCUT2D eigenvalue weighted by molar-refractivity contribution is -0.148. The maximum Gasteiger partial charge on any atom is 0.329 e. The number of carboxylic acids is 1. The highest BCUT2D eigenvalue weighted by Crippen LogP contribution is 2.17. The Balaban J connectivity index is 2.62. The largest absolute Gasteiger partial charge is 0.497 e. The third-order valence-electron chi connectivity index (χ3n) is 3.77. The summed E-state index contributed by atoms with van der Waals surface area (Å²) in [5, 5.41) is 12.0. The molecule has 1 aromatic rings. The summed E-state index contributed by atoms with van der Waals surface area (Å²) in [6.45, 7) is 3.53. The standard InChI is InChI=1S/C16H23NO4/c1-4-16(5-2,15(19)20)17-14(18)10-9-12-7-6-8-13(11-12)21-3/h6-8,11H,4-5,9-10H2,1-3H3,(H,17,18)(H,19,20). The van der Waals surface area contributed by atoms with E-state index in [-0.39, 0.29) is 12.3 Å². The Morgan fingerprint density at radius 3 is 2.48 bits per heavy atom. The van der Waals surface area contributed by atoms with E-state index >= 15 is 0 Å². The van der Waals surface area contributed by atoms with E-state index in [1.54, 1.807) is 21.0 Å². The molecule has 1 amide bonds. The molecule has 0 fully saturated rings. The number of carboxylic acid groups (broad SMARTS) is 1. The van der Waals surface area contributed by atoms with Crippen LogP contribution in [-0.4, -0.2) is 29.6 Å². The molecule has 0 aliphatic carbocycles. The summed E-state index contributed by atoms with van der Waals surface area (Å²) >= 11 is 0. The van der Waals surface area contributed by atoms with E-state index in [9.17, 15) is 14.7 Å². The van der Waals surface area contributed by atoms with Crippen LogP contribution in [0.3, 0.4) is 0 Å². The summed E-state index contributed by atoms with van der Waals surface area (Å²) in [5.74, 6) is -0.485. The van der Waals surface area contributed by atoms with Gasteiger partial charge in [-0.3, -0.25) is 4.79 Å². The van der Waals surface area contributed by atoms with Gasteiger partial charge in [0.15, 0.2) is 0 Å². The molecule has 2 N–H and O–H groups in total. The predicted octanol–water partition coefficient (Wildman–Crippen LogP) is 2.39. The zero-order valence-electron chi connectivity index (χ0n) is 12.8. The van der Waals surface area contributed by atoms with Crippen molar-refractivity contribution in [2.24, 2.45) is 0 Å². The first-order valence-electron chi connectivity index (χ1n) is 7.14. The van der Waals surface area contributed by atoms with Crippen molar-refractivity contribution in [1.29, 1.82) is 0 Å². The highest BCUT2D eigenvalue weighted by Gasteiger charge is 2.36. The zero-order chi connectivity index (χ0) is 15.9. The minimum Gasteiger partial charge on any atom is -0.497 e. The number of amides is 1. The van der Waals surface area contributed by atoms with Crippen molar-refractivity contribution in [2.45, 2.75) is 45.1 Å². The van der Waals surface area contributed by atoms with Gasteiger partial charge in [0, 0.05) is 6.42 Å². The van der Waals surface area contributed by atoms with Crippen LogP contribution in [-0.2, 0) is 16.0 Å². The number of benzene rings is 1. The molecule has 116 valence electrons. The molecule has 0 radical (unpaired) electrons. The lowest BCUT2D eigenvalue weighted by Gasteiger charge is -2.28. The minimum atomic E-state index is -1.16. The molecule has 0 aromatic heterocycles. The number of aliphatic carboxylic acids is 1.